The molecular weight excluding hydrogens is 234 g/mol. The van der Waals surface area contributed by atoms with Crippen LogP contribution in [0.4, 0.5) is 0 Å². The van der Waals surface area contributed by atoms with Crippen molar-refractivity contribution in [3.8, 4) is 0 Å². The quantitative estimate of drug-likeness (QED) is 0.833. The standard InChI is InChI=1S/C13H19NO2S/c1-8-6-12(17-10(8)3)13(16)14-5-4-11(15)9(2)7-14/h6,9,11,15H,4-5,7H2,1-3H3. The van der Waals surface area contributed by atoms with Gasteiger partial charge in [0.15, 0.2) is 0 Å². The fraction of sp³-hybridized carbons (Fsp3) is 0.615. The molecule has 94 valence electrons. The van der Waals surface area contributed by atoms with Crippen LogP contribution in [0.3, 0.4) is 0 Å². The van der Waals surface area contributed by atoms with Crippen LogP contribution in [0.15, 0.2) is 6.07 Å². The molecule has 17 heavy (non-hydrogen) atoms. The zero-order valence-corrected chi connectivity index (χ0v) is 11.4. The van der Waals surface area contributed by atoms with Gasteiger partial charge in [-0.3, -0.25) is 4.79 Å². The molecule has 1 aliphatic heterocycles. The Morgan fingerprint density at radius 3 is 2.76 bits per heavy atom. The van der Waals surface area contributed by atoms with E-state index in [9.17, 15) is 9.90 Å². The number of carbonyl (C=O) groups is 1. The smallest absolute Gasteiger partial charge is 0.263 e. The summed E-state index contributed by atoms with van der Waals surface area (Å²) in [5.41, 5.74) is 1.18. The minimum absolute atomic E-state index is 0.116. The first-order chi connectivity index (χ1) is 7.99. The Labute approximate surface area is 106 Å². The van der Waals surface area contributed by atoms with E-state index in [1.54, 1.807) is 11.3 Å². The van der Waals surface area contributed by atoms with Crippen molar-refractivity contribution >= 4 is 17.2 Å². The van der Waals surface area contributed by atoms with Gasteiger partial charge in [0.2, 0.25) is 0 Å². The number of carbonyl (C=O) groups excluding carboxylic acids is 1. The summed E-state index contributed by atoms with van der Waals surface area (Å²) in [5.74, 6) is 0.291. The summed E-state index contributed by atoms with van der Waals surface area (Å²) in [4.78, 5) is 16.2. The molecule has 3 nitrogen and oxygen atoms in total. The van der Waals surface area contributed by atoms with E-state index >= 15 is 0 Å². The zero-order chi connectivity index (χ0) is 12.6. The molecule has 0 saturated carbocycles. The van der Waals surface area contributed by atoms with E-state index in [4.69, 9.17) is 0 Å². The number of aliphatic hydroxyl groups excluding tert-OH is 1. The van der Waals surface area contributed by atoms with Crippen LogP contribution in [-0.4, -0.2) is 35.1 Å². The third-order valence-electron chi connectivity index (χ3n) is 3.52. The molecule has 2 unspecified atom stereocenters. The first-order valence-electron chi connectivity index (χ1n) is 6.03. The molecule has 1 amide bonds. The molecule has 0 radical (unpaired) electrons. The minimum atomic E-state index is -0.258. The van der Waals surface area contributed by atoms with E-state index in [1.807, 2.05) is 31.7 Å². The fourth-order valence-corrected chi connectivity index (χ4v) is 3.15. The molecule has 1 aromatic rings. The SMILES string of the molecule is Cc1cc(C(=O)N2CCC(O)C(C)C2)sc1C. The first kappa shape index (κ1) is 12.6. The third-order valence-corrected chi connectivity index (χ3v) is 4.66. The van der Waals surface area contributed by atoms with Crippen molar-refractivity contribution in [1.29, 1.82) is 0 Å². The van der Waals surface area contributed by atoms with Crippen molar-refractivity contribution in [3.05, 3.63) is 21.4 Å². The van der Waals surface area contributed by atoms with E-state index in [1.165, 1.54) is 10.4 Å². The van der Waals surface area contributed by atoms with Gasteiger partial charge in [0.1, 0.15) is 0 Å². The highest BCUT2D eigenvalue weighted by Gasteiger charge is 2.28. The summed E-state index contributed by atoms with van der Waals surface area (Å²) in [6.45, 7) is 7.40. The Morgan fingerprint density at radius 2 is 2.24 bits per heavy atom. The lowest BCUT2D eigenvalue weighted by Gasteiger charge is -2.34. The van der Waals surface area contributed by atoms with Crippen molar-refractivity contribution in [2.75, 3.05) is 13.1 Å². The lowest BCUT2D eigenvalue weighted by molar-refractivity contribution is 0.0300. The Bertz CT molecular complexity index is 408. The molecular formula is C13H19NO2S. The van der Waals surface area contributed by atoms with Crippen molar-refractivity contribution in [2.45, 2.75) is 33.3 Å². The van der Waals surface area contributed by atoms with Gasteiger partial charge in [-0.05, 0) is 37.8 Å². The number of piperidine rings is 1. The van der Waals surface area contributed by atoms with Crippen molar-refractivity contribution in [2.24, 2.45) is 5.92 Å². The molecule has 0 aromatic carbocycles. The molecule has 2 atom stereocenters. The monoisotopic (exact) mass is 253 g/mol. The predicted octanol–water partition coefficient (Wildman–Crippen LogP) is 2.21. The fourth-order valence-electron chi connectivity index (χ4n) is 2.15. The predicted molar refractivity (Wildman–Crippen MR) is 69.5 cm³/mol. The summed E-state index contributed by atoms with van der Waals surface area (Å²) in [5, 5.41) is 9.66. The number of nitrogens with zero attached hydrogens (tertiary/aromatic N) is 1. The van der Waals surface area contributed by atoms with Gasteiger partial charge < -0.3 is 10.0 Å². The van der Waals surface area contributed by atoms with Crippen LogP contribution >= 0.6 is 11.3 Å². The van der Waals surface area contributed by atoms with Crippen molar-refractivity contribution in [3.63, 3.8) is 0 Å². The van der Waals surface area contributed by atoms with Crippen LogP contribution in [0, 0.1) is 19.8 Å². The molecule has 2 rings (SSSR count). The maximum atomic E-state index is 12.3. The van der Waals surface area contributed by atoms with Crippen molar-refractivity contribution in [1.82, 2.24) is 4.90 Å². The molecule has 2 heterocycles. The van der Waals surface area contributed by atoms with Crippen LogP contribution in [0.2, 0.25) is 0 Å². The molecule has 1 aliphatic rings. The van der Waals surface area contributed by atoms with Gasteiger partial charge in [0, 0.05) is 18.0 Å². The van der Waals surface area contributed by atoms with E-state index in [2.05, 4.69) is 0 Å². The van der Waals surface area contributed by atoms with Gasteiger partial charge in [0.25, 0.3) is 5.91 Å². The van der Waals surface area contributed by atoms with Crippen LogP contribution in [0.25, 0.3) is 0 Å². The Kier molecular flexibility index (Phi) is 3.54. The Morgan fingerprint density at radius 1 is 1.53 bits per heavy atom. The Balaban J connectivity index is 2.10. The molecule has 1 aromatic heterocycles. The largest absolute Gasteiger partial charge is 0.393 e. The van der Waals surface area contributed by atoms with Crippen LogP contribution in [-0.2, 0) is 0 Å². The average molecular weight is 253 g/mol. The third kappa shape index (κ3) is 2.53. The maximum Gasteiger partial charge on any atom is 0.263 e. The number of hydrogen-bond acceptors (Lipinski definition) is 3. The number of hydrogen-bond donors (Lipinski definition) is 1. The number of aryl methyl sites for hydroxylation is 2. The highest BCUT2D eigenvalue weighted by atomic mass is 32.1. The zero-order valence-electron chi connectivity index (χ0n) is 10.6. The Hall–Kier alpha value is -0.870. The molecule has 1 saturated heterocycles. The van der Waals surface area contributed by atoms with Crippen LogP contribution in [0.5, 0.6) is 0 Å². The van der Waals surface area contributed by atoms with Gasteiger partial charge in [-0.25, -0.2) is 0 Å². The lowest BCUT2D eigenvalue weighted by Crippen LogP contribution is -2.44. The molecule has 1 N–H and O–H groups in total. The van der Waals surface area contributed by atoms with Gasteiger partial charge in [-0.1, -0.05) is 6.92 Å². The van der Waals surface area contributed by atoms with E-state index in [0.717, 1.165) is 4.88 Å². The number of aliphatic hydroxyl groups is 1. The van der Waals surface area contributed by atoms with E-state index in [0.29, 0.717) is 19.5 Å². The highest BCUT2D eigenvalue weighted by Crippen LogP contribution is 2.24. The van der Waals surface area contributed by atoms with Crippen LogP contribution < -0.4 is 0 Å². The first-order valence-corrected chi connectivity index (χ1v) is 6.85. The summed E-state index contributed by atoms with van der Waals surface area (Å²) in [6, 6.07) is 1.97. The second kappa shape index (κ2) is 4.78. The molecule has 1 fully saturated rings. The normalized spacial score (nSPS) is 25.1. The van der Waals surface area contributed by atoms with Crippen LogP contribution in [0.1, 0.15) is 33.5 Å². The number of thiophene rings is 1. The average Bonchev–Trinajstić information content (AvgIpc) is 2.62. The molecule has 0 spiro atoms. The highest BCUT2D eigenvalue weighted by molar-refractivity contribution is 7.14. The van der Waals surface area contributed by atoms with Gasteiger partial charge in [0.05, 0.1) is 11.0 Å². The lowest BCUT2D eigenvalue weighted by atomic mass is 9.96. The summed E-state index contributed by atoms with van der Waals surface area (Å²) in [6.07, 6.45) is 0.432. The topological polar surface area (TPSA) is 40.5 Å². The van der Waals surface area contributed by atoms with Gasteiger partial charge >= 0.3 is 0 Å². The minimum Gasteiger partial charge on any atom is -0.393 e. The number of likely N-dealkylation sites (tertiary alicyclic amines) is 1. The van der Waals surface area contributed by atoms with E-state index in [-0.39, 0.29) is 17.9 Å². The molecule has 0 aliphatic carbocycles. The maximum absolute atomic E-state index is 12.3. The number of rotatable bonds is 1. The second-order valence-electron chi connectivity index (χ2n) is 4.93. The van der Waals surface area contributed by atoms with E-state index < -0.39 is 0 Å². The number of amides is 1. The summed E-state index contributed by atoms with van der Waals surface area (Å²) < 4.78 is 0. The van der Waals surface area contributed by atoms with Gasteiger partial charge in [-0.2, -0.15) is 0 Å². The van der Waals surface area contributed by atoms with Gasteiger partial charge in [-0.15, -0.1) is 11.3 Å². The molecule has 0 bridgehead atoms. The molecule has 4 heteroatoms. The van der Waals surface area contributed by atoms with Crippen molar-refractivity contribution < 1.29 is 9.90 Å². The summed E-state index contributed by atoms with van der Waals surface area (Å²) >= 11 is 1.56. The summed E-state index contributed by atoms with van der Waals surface area (Å²) in [7, 11) is 0. The second-order valence-corrected chi connectivity index (χ2v) is 6.19.